The number of carbonyl (C=O) groups is 2. The zero-order chi connectivity index (χ0) is 16.4. The van der Waals surface area contributed by atoms with E-state index < -0.39 is 63.9 Å². The number of fused-ring (bicyclic) bond motifs is 1. The van der Waals surface area contributed by atoms with Gasteiger partial charge in [-0.05, 0) is 6.42 Å². The predicted molar refractivity (Wildman–Crippen MR) is 61.9 cm³/mol. The molecule has 0 aromatic carbocycles. The Balaban J connectivity index is 1.83. The number of ether oxygens (including phenoxy) is 2. The van der Waals surface area contributed by atoms with Crippen molar-refractivity contribution >= 4 is 22.1 Å². The first-order chi connectivity index (χ1) is 10.1. The molecule has 3 fully saturated rings. The molecule has 0 aromatic rings. The molecule has 2 aliphatic carbocycles. The summed E-state index contributed by atoms with van der Waals surface area (Å²) in [5.41, 5.74) is 0. The molecular weight excluding hydrogens is 330 g/mol. The lowest BCUT2D eigenvalue weighted by Gasteiger charge is -2.30. The summed E-state index contributed by atoms with van der Waals surface area (Å²) in [5.74, 6) is -5.09. The Morgan fingerprint density at radius 1 is 1.41 bits per heavy atom. The monoisotopic (exact) mass is 342 g/mol. The van der Waals surface area contributed by atoms with Crippen molar-refractivity contribution in [3.05, 3.63) is 0 Å². The number of esters is 2. The van der Waals surface area contributed by atoms with Crippen molar-refractivity contribution < 1.29 is 45.9 Å². The Morgan fingerprint density at radius 3 is 2.59 bits per heavy atom. The van der Waals surface area contributed by atoms with Crippen LogP contribution in [-0.2, 0) is 29.2 Å². The number of rotatable bonds is 4. The highest BCUT2D eigenvalue weighted by Gasteiger charge is 2.68. The first-order valence-corrected chi connectivity index (χ1v) is 7.91. The van der Waals surface area contributed by atoms with Gasteiger partial charge in [0.2, 0.25) is 0 Å². The molecule has 0 radical (unpaired) electrons. The van der Waals surface area contributed by atoms with Gasteiger partial charge in [0, 0.05) is 24.4 Å². The summed E-state index contributed by atoms with van der Waals surface area (Å²) >= 11 is 0. The van der Waals surface area contributed by atoms with Gasteiger partial charge in [0.05, 0.1) is 5.92 Å². The lowest BCUT2D eigenvalue weighted by atomic mass is 9.79. The van der Waals surface area contributed by atoms with E-state index in [2.05, 4.69) is 4.74 Å². The first-order valence-electron chi connectivity index (χ1n) is 6.47. The summed E-state index contributed by atoms with van der Waals surface area (Å²) in [7, 11) is -5.96. The van der Waals surface area contributed by atoms with Gasteiger partial charge in [0.15, 0.2) is 0 Å². The van der Waals surface area contributed by atoms with Gasteiger partial charge in [-0.2, -0.15) is 17.2 Å². The van der Waals surface area contributed by atoms with Crippen molar-refractivity contribution in [2.24, 2.45) is 23.7 Å². The Hall–Kier alpha value is -1.33. The van der Waals surface area contributed by atoms with Crippen molar-refractivity contribution in [1.82, 2.24) is 0 Å². The molecule has 1 heterocycles. The van der Waals surface area contributed by atoms with Crippen LogP contribution in [0.5, 0.6) is 0 Å². The summed E-state index contributed by atoms with van der Waals surface area (Å²) in [4.78, 5) is 23.1. The largest absolute Gasteiger partial charge is 0.465 e. The van der Waals surface area contributed by atoms with E-state index in [0.717, 1.165) is 0 Å². The molecule has 22 heavy (non-hydrogen) atoms. The summed E-state index contributed by atoms with van der Waals surface area (Å²) in [6.07, 6.45) is -1.83. The fraction of sp³-hybridized carbons (Fsp3) is 0.818. The van der Waals surface area contributed by atoms with Gasteiger partial charge in [0.25, 0.3) is 0 Å². The van der Waals surface area contributed by atoms with Crippen molar-refractivity contribution in [2.45, 2.75) is 23.9 Å². The maximum absolute atomic E-state index is 13.2. The molecule has 6 atom stereocenters. The van der Waals surface area contributed by atoms with E-state index in [9.17, 15) is 31.9 Å². The molecule has 124 valence electrons. The first kappa shape index (κ1) is 15.6. The quantitative estimate of drug-likeness (QED) is 0.501. The molecule has 0 spiro atoms. The van der Waals surface area contributed by atoms with Crippen LogP contribution in [0.1, 0.15) is 6.42 Å². The maximum Gasteiger partial charge on any atom is 0.465 e. The fourth-order valence-corrected chi connectivity index (χ4v) is 4.10. The third-order valence-electron chi connectivity index (χ3n) is 4.72. The normalized spacial score (nSPS) is 39.9. The SMILES string of the molecule is O=C1OC2C3CC(C(CO)C13)C2OC(=O)C(F)(F)S(=O)(=O)O. The van der Waals surface area contributed by atoms with Crippen molar-refractivity contribution in [3.8, 4) is 0 Å². The molecule has 11 heteroatoms. The molecule has 2 saturated carbocycles. The summed E-state index contributed by atoms with van der Waals surface area (Å²) in [6, 6.07) is 0. The van der Waals surface area contributed by atoms with Crippen LogP contribution in [0.2, 0.25) is 0 Å². The average molecular weight is 342 g/mol. The Morgan fingerprint density at radius 2 is 2.05 bits per heavy atom. The van der Waals surface area contributed by atoms with Crippen molar-refractivity contribution in [3.63, 3.8) is 0 Å². The molecule has 8 nitrogen and oxygen atoms in total. The van der Waals surface area contributed by atoms with Gasteiger partial charge in [0.1, 0.15) is 12.2 Å². The Bertz CT molecular complexity index is 632. The molecule has 3 rings (SSSR count). The molecule has 2 N–H and O–H groups in total. The van der Waals surface area contributed by atoms with Crippen LogP contribution in [0.15, 0.2) is 0 Å². The van der Waals surface area contributed by atoms with Crippen molar-refractivity contribution in [1.29, 1.82) is 0 Å². The predicted octanol–water partition coefficient (Wildman–Crippen LogP) is -0.821. The van der Waals surface area contributed by atoms with E-state index >= 15 is 0 Å². The second kappa shape index (κ2) is 4.59. The minimum absolute atomic E-state index is 0.349. The number of hydrogen-bond donors (Lipinski definition) is 2. The summed E-state index contributed by atoms with van der Waals surface area (Å²) < 4.78 is 65.5. The van der Waals surface area contributed by atoms with Crippen LogP contribution in [0.3, 0.4) is 0 Å². The molecule has 2 bridgehead atoms. The second-order valence-corrected chi connectivity index (χ2v) is 7.16. The van der Waals surface area contributed by atoms with E-state index in [-0.39, 0.29) is 5.92 Å². The van der Waals surface area contributed by atoms with E-state index in [1.165, 1.54) is 0 Å². The van der Waals surface area contributed by atoms with E-state index in [4.69, 9.17) is 9.29 Å². The Labute approximate surface area is 123 Å². The summed E-state index contributed by atoms with van der Waals surface area (Å²) in [5, 5.41) is 4.23. The number of aliphatic hydroxyl groups excluding tert-OH is 1. The molecule has 1 aliphatic heterocycles. The standard InChI is InChI=1S/C11H12F2O8S/c12-11(13,22(17,18)19)10(16)21-7-3-1-4-6(5(3)2-14)9(15)20-8(4)7/h3-8,14H,1-2H2,(H,17,18,19). The maximum atomic E-state index is 13.2. The van der Waals surface area contributed by atoms with Crippen LogP contribution in [0, 0.1) is 23.7 Å². The van der Waals surface area contributed by atoms with Gasteiger partial charge < -0.3 is 14.6 Å². The van der Waals surface area contributed by atoms with Crippen LogP contribution >= 0.6 is 0 Å². The fourth-order valence-electron chi connectivity index (χ4n) is 3.84. The number of hydrogen-bond acceptors (Lipinski definition) is 7. The molecule has 0 aromatic heterocycles. The van der Waals surface area contributed by atoms with Gasteiger partial charge in [-0.15, -0.1) is 0 Å². The van der Waals surface area contributed by atoms with Crippen LogP contribution < -0.4 is 0 Å². The smallest absolute Gasteiger partial charge is 0.458 e. The lowest BCUT2D eigenvalue weighted by Crippen LogP contribution is -2.46. The second-order valence-electron chi connectivity index (χ2n) is 5.70. The number of halogens is 2. The number of alkyl halides is 2. The van der Waals surface area contributed by atoms with Gasteiger partial charge in [-0.3, -0.25) is 9.35 Å². The minimum atomic E-state index is -5.96. The topological polar surface area (TPSA) is 127 Å². The Kier molecular flexibility index (Phi) is 3.24. The van der Waals surface area contributed by atoms with Gasteiger partial charge in [-0.25, -0.2) is 4.79 Å². The highest BCUT2D eigenvalue weighted by Crippen LogP contribution is 2.58. The zero-order valence-corrected chi connectivity index (χ0v) is 11.7. The molecule has 0 amide bonds. The van der Waals surface area contributed by atoms with Gasteiger partial charge in [-0.1, -0.05) is 0 Å². The number of carbonyl (C=O) groups excluding carboxylic acids is 2. The van der Waals surface area contributed by atoms with Gasteiger partial charge >= 0.3 is 27.3 Å². The van der Waals surface area contributed by atoms with E-state index in [1.807, 2.05) is 0 Å². The number of aliphatic hydroxyl groups is 1. The average Bonchev–Trinajstić information content (AvgIpc) is 2.99. The zero-order valence-electron chi connectivity index (χ0n) is 10.9. The molecule has 1 saturated heterocycles. The molecule has 3 aliphatic rings. The van der Waals surface area contributed by atoms with Crippen LogP contribution in [0.25, 0.3) is 0 Å². The van der Waals surface area contributed by atoms with Crippen molar-refractivity contribution in [2.75, 3.05) is 6.61 Å². The van der Waals surface area contributed by atoms with Crippen LogP contribution in [-0.4, -0.2) is 54.1 Å². The third kappa shape index (κ3) is 1.88. The minimum Gasteiger partial charge on any atom is -0.458 e. The summed E-state index contributed by atoms with van der Waals surface area (Å²) in [6.45, 7) is -0.406. The van der Waals surface area contributed by atoms with E-state index in [1.54, 1.807) is 0 Å². The lowest BCUT2D eigenvalue weighted by molar-refractivity contribution is -0.177. The third-order valence-corrected chi connectivity index (χ3v) is 5.54. The highest BCUT2D eigenvalue weighted by atomic mass is 32.2. The van der Waals surface area contributed by atoms with E-state index in [0.29, 0.717) is 6.42 Å². The van der Waals surface area contributed by atoms with Crippen LogP contribution in [0.4, 0.5) is 8.78 Å². The molecule has 6 unspecified atom stereocenters. The molecular formula is C11H12F2O8S. The highest BCUT2D eigenvalue weighted by molar-refractivity contribution is 7.87.